The number of carbonyl (C=O) groups is 2. The lowest BCUT2D eigenvalue weighted by Gasteiger charge is -2.23. The molecule has 2 aromatic rings. The van der Waals surface area contributed by atoms with Gasteiger partial charge in [-0.3, -0.25) is 4.79 Å². The van der Waals surface area contributed by atoms with Crippen LogP contribution in [0.3, 0.4) is 0 Å². The summed E-state index contributed by atoms with van der Waals surface area (Å²) in [5.74, 6) is -1.54. The van der Waals surface area contributed by atoms with Crippen molar-refractivity contribution >= 4 is 21.8 Å². The summed E-state index contributed by atoms with van der Waals surface area (Å²) in [6.45, 7) is 5.69. The maximum atomic E-state index is 13.3. The van der Waals surface area contributed by atoms with Crippen molar-refractivity contribution in [3.63, 3.8) is 0 Å². The van der Waals surface area contributed by atoms with Crippen LogP contribution in [-0.4, -0.2) is 74.8 Å². The van der Waals surface area contributed by atoms with Gasteiger partial charge in [0, 0.05) is 30.9 Å². The smallest absolute Gasteiger partial charge is 0.354 e. The fourth-order valence-corrected chi connectivity index (χ4v) is 5.04. The lowest BCUT2D eigenvalue weighted by Crippen LogP contribution is -2.40. The van der Waals surface area contributed by atoms with Crippen LogP contribution in [0.15, 0.2) is 29.2 Å². The van der Waals surface area contributed by atoms with Crippen LogP contribution in [0.2, 0.25) is 0 Å². The first-order valence-corrected chi connectivity index (χ1v) is 11.6. The van der Waals surface area contributed by atoms with E-state index in [1.807, 2.05) is 6.92 Å². The van der Waals surface area contributed by atoms with Crippen molar-refractivity contribution in [1.82, 2.24) is 13.8 Å². The molecule has 176 valence electrons. The van der Waals surface area contributed by atoms with Crippen molar-refractivity contribution in [3.05, 3.63) is 52.6 Å². The number of methoxy groups -OCH3 is 1. The zero-order chi connectivity index (χ0) is 24.2. The summed E-state index contributed by atoms with van der Waals surface area (Å²) in [5.41, 5.74) is 1.60. The highest BCUT2D eigenvalue weighted by Gasteiger charge is 2.31. The van der Waals surface area contributed by atoms with Crippen molar-refractivity contribution in [3.8, 4) is 0 Å². The van der Waals surface area contributed by atoms with E-state index in [-0.39, 0.29) is 17.1 Å². The molecule has 10 heteroatoms. The van der Waals surface area contributed by atoms with Crippen molar-refractivity contribution in [2.24, 2.45) is 0 Å². The van der Waals surface area contributed by atoms with Gasteiger partial charge >= 0.3 is 5.97 Å². The molecule has 1 aromatic heterocycles. The largest absolute Gasteiger partial charge is 0.464 e. The molecule has 0 spiro atoms. The number of hydrogen-bond acceptors (Lipinski definition) is 6. The van der Waals surface area contributed by atoms with Crippen LogP contribution >= 0.6 is 0 Å². The van der Waals surface area contributed by atoms with Gasteiger partial charge in [-0.15, -0.1) is 0 Å². The number of halogens is 1. The van der Waals surface area contributed by atoms with E-state index in [4.69, 9.17) is 4.74 Å². The van der Waals surface area contributed by atoms with Gasteiger partial charge in [0.25, 0.3) is 0 Å². The normalized spacial score (nSPS) is 11.9. The van der Waals surface area contributed by atoms with Crippen LogP contribution in [0.25, 0.3) is 0 Å². The van der Waals surface area contributed by atoms with Crippen LogP contribution in [0.4, 0.5) is 4.39 Å². The zero-order valence-corrected chi connectivity index (χ0v) is 20.1. The second-order valence-corrected chi connectivity index (χ2v) is 9.63. The molecule has 0 fully saturated rings. The maximum absolute atomic E-state index is 13.3. The number of aromatic nitrogens is 1. The highest BCUT2D eigenvalue weighted by atomic mass is 32.2. The first kappa shape index (κ1) is 25.7. The molecule has 0 saturated carbocycles. The van der Waals surface area contributed by atoms with Crippen molar-refractivity contribution in [2.75, 3.05) is 40.8 Å². The number of hydrogen-bond donors (Lipinski definition) is 0. The summed E-state index contributed by atoms with van der Waals surface area (Å²) in [4.78, 5) is 27.3. The number of Topliss-reactive ketones (excluding diaryl/α,β-unsaturated/α-hetero) is 1. The minimum absolute atomic E-state index is 0.0644. The molecule has 0 aliphatic carbocycles. The molecule has 1 heterocycles. The summed E-state index contributed by atoms with van der Waals surface area (Å²) < 4.78 is 47.4. The van der Waals surface area contributed by atoms with Crippen molar-refractivity contribution < 1.29 is 27.1 Å². The van der Waals surface area contributed by atoms with E-state index in [9.17, 15) is 22.4 Å². The number of likely N-dealkylation sites (N-methyl/N-ethyl adjacent to an activating group) is 1. The van der Waals surface area contributed by atoms with Gasteiger partial charge in [-0.25, -0.2) is 17.6 Å². The van der Waals surface area contributed by atoms with E-state index in [0.29, 0.717) is 29.9 Å². The van der Waals surface area contributed by atoms with Crippen LogP contribution in [0.5, 0.6) is 0 Å². The number of esters is 1. The predicted molar refractivity (Wildman–Crippen MR) is 119 cm³/mol. The molecule has 0 radical (unpaired) electrons. The molecular weight excluding hydrogens is 437 g/mol. The molecule has 2 rings (SSSR count). The molecule has 0 aliphatic heterocycles. The van der Waals surface area contributed by atoms with Crippen LogP contribution in [-0.2, 0) is 21.3 Å². The fourth-order valence-electron chi connectivity index (χ4n) is 3.65. The third kappa shape index (κ3) is 5.25. The molecule has 32 heavy (non-hydrogen) atoms. The molecule has 0 N–H and O–H groups in total. The molecule has 0 aliphatic rings. The Kier molecular flexibility index (Phi) is 8.33. The second kappa shape index (κ2) is 10.4. The topological polar surface area (TPSA) is 88.9 Å². The maximum Gasteiger partial charge on any atom is 0.354 e. The Hall–Kier alpha value is -2.56. The summed E-state index contributed by atoms with van der Waals surface area (Å²) >= 11 is 0. The number of sulfonamides is 1. The summed E-state index contributed by atoms with van der Waals surface area (Å²) in [6.07, 6.45) is 0. The zero-order valence-electron chi connectivity index (χ0n) is 19.3. The molecule has 0 amide bonds. The quantitative estimate of drug-likeness (QED) is 0.394. The Labute approximate surface area is 188 Å². The van der Waals surface area contributed by atoms with Gasteiger partial charge in [-0.1, -0.05) is 0 Å². The highest BCUT2D eigenvalue weighted by molar-refractivity contribution is 7.89. The van der Waals surface area contributed by atoms with E-state index in [2.05, 4.69) is 0 Å². The van der Waals surface area contributed by atoms with Gasteiger partial charge in [0.05, 0.1) is 18.6 Å². The Morgan fingerprint density at radius 1 is 1.09 bits per heavy atom. The number of ether oxygens (including phenoxy) is 1. The summed E-state index contributed by atoms with van der Waals surface area (Å²) in [5, 5.41) is 0. The molecule has 0 unspecified atom stereocenters. The lowest BCUT2D eigenvalue weighted by molar-refractivity contribution is 0.0587. The number of rotatable bonds is 10. The number of benzene rings is 1. The summed E-state index contributed by atoms with van der Waals surface area (Å²) in [7, 11) is 0.805. The van der Waals surface area contributed by atoms with Gasteiger partial charge in [0.1, 0.15) is 11.5 Å². The molecule has 0 atom stereocenters. The minimum Gasteiger partial charge on any atom is -0.464 e. The van der Waals surface area contributed by atoms with E-state index < -0.39 is 34.1 Å². The van der Waals surface area contributed by atoms with Crippen molar-refractivity contribution in [1.29, 1.82) is 0 Å². The Morgan fingerprint density at radius 2 is 1.69 bits per heavy atom. The Bertz CT molecular complexity index is 1090. The third-order valence-corrected chi connectivity index (χ3v) is 7.17. The second-order valence-electron chi connectivity index (χ2n) is 7.69. The van der Waals surface area contributed by atoms with E-state index in [1.165, 1.54) is 19.2 Å². The minimum atomic E-state index is -4.05. The van der Waals surface area contributed by atoms with E-state index in [0.717, 1.165) is 16.4 Å². The highest BCUT2D eigenvalue weighted by Crippen LogP contribution is 2.25. The predicted octanol–water partition coefficient (Wildman–Crippen LogP) is 2.49. The first-order chi connectivity index (χ1) is 14.9. The van der Waals surface area contributed by atoms with Gasteiger partial charge in [0.2, 0.25) is 10.0 Å². The Morgan fingerprint density at radius 3 is 2.19 bits per heavy atom. The van der Waals surface area contributed by atoms with Crippen molar-refractivity contribution in [2.45, 2.75) is 32.2 Å². The van der Waals surface area contributed by atoms with Gasteiger partial charge in [-0.05, 0) is 64.7 Å². The monoisotopic (exact) mass is 467 g/mol. The van der Waals surface area contributed by atoms with Gasteiger partial charge in [0.15, 0.2) is 5.78 Å². The average molecular weight is 468 g/mol. The molecule has 8 nitrogen and oxygen atoms in total. The molecular formula is C22H30FN3O5S. The van der Waals surface area contributed by atoms with E-state index >= 15 is 0 Å². The van der Waals surface area contributed by atoms with Gasteiger partial charge < -0.3 is 14.2 Å². The number of carbonyl (C=O) groups excluding carboxylic acids is 2. The van der Waals surface area contributed by atoms with E-state index in [1.54, 1.807) is 37.4 Å². The standard InChI is InChI=1S/C22H30FN3O5S/c1-7-26-16(3)20(15(2)21(26)22(28)31-6)19(27)14-25(13-12-24(4)5)32(29,30)18-10-8-17(23)9-11-18/h8-11H,7,12-14H2,1-6H3. The molecule has 1 aromatic carbocycles. The van der Waals surface area contributed by atoms with Crippen LogP contribution < -0.4 is 0 Å². The average Bonchev–Trinajstić information content (AvgIpc) is 2.99. The SMILES string of the molecule is CCn1c(C)c(C(=O)CN(CCN(C)C)S(=O)(=O)c2ccc(F)cc2)c(C)c1C(=O)OC. The van der Waals surface area contributed by atoms with Crippen LogP contribution in [0, 0.1) is 19.7 Å². The Balaban J connectivity index is 2.48. The lowest BCUT2D eigenvalue weighted by atomic mass is 10.1. The summed E-state index contributed by atoms with van der Waals surface area (Å²) in [6, 6.07) is 4.49. The number of nitrogens with zero attached hydrogens (tertiary/aromatic N) is 3. The van der Waals surface area contributed by atoms with Crippen LogP contribution in [0.1, 0.15) is 39.0 Å². The number of ketones is 1. The fraction of sp³-hybridized carbons (Fsp3) is 0.455. The molecule has 0 bridgehead atoms. The van der Waals surface area contributed by atoms with Gasteiger partial charge in [-0.2, -0.15) is 4.31 Å². The first-order valence-electron chi connectivity index (χ1n) is 10.2. The molecule has 0 saturated heterocycles. The third-order valence-electron chi connectivity index (χ3n) is 5.31.